The van der Waals surface area contributed by atoms with Gasteiger partial charge in [-0.1, -0.05) is 29.5 Å². The molecular weight excluding hydrogens is 339 g/mol. The van der Waals surface area contributed by atoms with Crippen molar-refractivity contribution in [2.75, 3.05) is 11.9 Å². The lowest BCUT2D eigenvalue weighted by atomic mass is 10.2. The first-order valence-corrected chi connectivity index (χ1v) is 7.77. The van der Waals surface area contributed by atoms with E-state index >= 15 is 0 Å². The predicted octanol–water partition coefficient (Wildman–Crippen LogP) is 4.89. The van der Waals surface area contributed by atoms with Gasteiger partial charge in [-0.2, -0.15) is 13.2 Å². The van der Waals surface area contributed by atoms with Gasteiger partial charge in [-0.3, -0.25) is 0 Å². The smallest absolute Gasteiger partial charge is 0.422 e. The lowest BCUT2D eigenvalue weighted by molar-refractivity contribution is -0.153. The summed E-state index contributed by atoms with van der Waals surface area (Å²) in [5.41, 5.74) is 1.66. The molecule has 0 amide bonds. The van der Waals surface area contributed by atoms with Crippen molar-refractivity contribution in [1.29, 1.82) is 0 Å². The molecule has 1 aromatic heterocycles. The quantitative estimate of drug-likeness (QED) is 0.711. The molecule has 1 N–H and O–H groups in total. The van der Waals surface area contributed by atoms with Gasteiger partial charge in [0.15, 0.2) is 6.61 Å². The molecule has 1 heterocycles. The van der Waals surface area contributed by atoms with Crippen LogP contribution in [0.3, 0.4) is 0 Å². The van der Waals surface area contributed by atoms with E-state index in [9.17, 15) is 13.2 Å². The summed E-state index contributed by atoms with van der Waals surface area (Å²) in [7, 11) is 0. The Hall–Kier alpha value is -2.61. The first-order valence-electron chi connectivity index (χ1n) is 6.95. The molecule has 3 aromatic rings. The van der Waals surface area contributed by atoms with Crippen molar-refractivity contribution in [3.05, 3.63) is 54.6 Å². The monoisotopic (exact) mass is 351 g/mol. The van der Waals surface area contributed by atoms with E-state index in [0.717, 1.165) is 11.3 Å². The molecule has 3 rings (SSSR count). The van der Waals surface area contributed by atoms with Crippen LogP contribution in [0.2, 0.25) is 0 Å². The number of alkyl halides is 3. The van der Waals surface area contributed by atoms with Crippen LogP contribution in [-0.4, -0.2) is 23.0 Å². The molecule has 0 saturated carbocycles. The summed E-state index contributed by atoms with van der Waals surface area (Å²) < 4.78 is 41.0. The van der Waals surface area contributed by atoms with Crippen molar-refractivity contribution in [2.45, 2.75) is 6.18 Å². The molecule has 4 nitrogen and oxygen atoms in total. The van der Waals surface area contributed by atoms with Gasteiger partial charge >= 0.3 is 6.18 Å². The molecule has 0 aliphatic carbocycles. The van der Waals surface area contributed by atoms with E-state index in [1.165, 1.54) is 23.5 Å². The zero-order valence-corrected chi connectivity index (χ0v) is 13.1. The molecule has 24 heavy (non-hydrogen) atoms. The first kappa shape index (κ1) is 16.3. The van der Waals surface area contributed by atoms with E-state index in [1.807, 2.05) is 30.3 Å². The second kappa shape index (κ2) is 6.88. The highest BCUT2D eigenvalue weighted by Crippen LogP contribution is 2.29. The Labute approximate surface area is 139 Å². The van der Waals surface area contributed by atoms with Gasteiger partial charge in [0.25, 0.3) is 0 Å². The SMILES string of the molecule is FC(F)(F)COc1ccc(-c2nnc(Nc3ccccc3)s2)cc1. The van der Waals surface area contributed by atoms with E-state index in [0.29, 0.717) is 10.1 Å². The average Bonchev–Trinajstić information content (AvgIpc) is 3.02. The molecule has 0 fully saturated rings. The fourth-order valence-electron chi connectivity index (χ4n) is 1.89. The minimum absolute atomic E-state index is 0.156. The normalized spacial score (nSPS) is 11.3. The van der Waals surface area contributed by atoms with E-state index in [-0.39, 0.29) is 5.75 Å². The Morgan fingerprint density at radius 1 is 0.958 bits per heavy atom. The summed E-state index contributed by atoms with van der Waals surface area (Å²) in [5, 5.41) is 12.6. The van der Waals surface area contributed by atoms with Crippen molar-refractivity contribution in [3.63, 3.8) is 0 Å². The maximum absolute atomic E-state index is 12.1. The number of ether oxygens (including phenoxy) is 1. The molecule has 0 aliphatic rings. The summed E-state index contributed by atoms with van der Waals surface area (Å²) in [6.07, 6.45) is -4.35. The molecule has 124 valence electrons. The third kappa shape index (κ3) is 4.45. The Morgan fingerprint density at radius 3 is 2.33 bits per heavy atom. The van der Waals surface area contributed by atoms with E-state index in [4.69, 9.17) is 0 Å². The van der Waals surface area contributed by atoms with Crippen molar-refractivity contribution in [3.8, 4) is 16.3 Å². The molecule has 0 aliphatic heterocycles. The van der Waals surface area contributed by atoms with Crippen LogP contribution in [0, 0.1) is 0 Å². The second-order valence-electron chi connectivity index (χ2n) is 4.83. The van der Waals surface area contributed by atoms with Crippen LogP contribution in [0.15, 0.2) is 54.6 Å². The van der Waals surface area contributed by atoms with Gasteiger partial charge in [0.1, 0.15) is 10.8 Å². The molecule has 0 bridgehead atoms. The maximum Gasteiger partial charge on any atom is 0.422 e. The van der Waals surface area contributed by atoms with Crippen molar-refractivity contribution in [1.82, 2.24) is 10.2 Å². The number of nitrogens with zero attached hydrogens (tertiary/aromatic N) is 2. The fourth-order valence-corrected chi connectivity index (χ4v) is 2.66. The van der Waals surface area contributed by atoms with E-state index < -0.39 is 12.8 Å². The maximum atomic E-state index is 12.1. The Bertz CT molecular complexity index is 788. The van der Waals surface area contributed by atoms with Crippen molar-refractivity contribution >= 4 is 22.2 Å². The third-order valence-electron chi connectivity index (χ3n) is 2.95. The van der Waals surface area contributed by atoms with Crippen LogP contribution in [0.5, 0.6) is 5.75 Å². The summed E-state index contributed by atoms with van der Waals surface area (Å²) in [5.74, 6) is 0.156. The summed E-state index contributed by atoms with van der Waals surface area (Å²) in [4.78, 5) is 0. The van der Waals surface area contributed by atoms with Crippen molar-refractivity contribution < 1.29 is 17.9 Å². The van der Waals surface area contributed by atoms with Crippen LogP contribution in [0.4, 0.5) is 24.0 Å². The summed E-state index contributed by atoms with van der Waals surface area (Å²) in [6, 6.07) is 15.8. The number of nitrogens with one attached hydrogen (secondary N) is 1. The zero-order valence-electron chi connectivity index (χ0n) is 12.2. The van der Waals surface area contributed by atoms with Gasteiger partial charge in [-0.25, -0.2) is 0 Å². The molecule has 0 atom stereocenters. The molecule has 0 saturated heterocycles. The van der Waals surface area contributed by atoms with Gasteiger partial charge in [0, 0.05) is 11.3 Å². The van der Waals surface area contributed by atoms with Crippen molar-refractivity contribution in [2.24, 2.45) is 0 Å². The number of hydrogen-bond acceptors (Lipinski definition) is 5. The minimum atomic E-state index is -4.35. The fraction of sp³-hybridized carbons (Fsp3) is 0.125. The summed E-state index contributed by atoms with van der Waals surface area (Å²) >= 11 is 1.35. The minimum Gasteiger partial charge on any atom is -0.484 e. The van der Waals surface area contributed by atoms with Gasteiger partial charge in [0.05, 0.1) is 0 Å². The van der Waals surface area contributed by atoms with Gasteiger partial charge < -0.3 is 10.1 Å². The lowest BCUT2D eigenvalue weighted by Crippen LogP contribution is -2.19. The molecule has 8 heteroatoms. The Balaban J connectivity index is 1.67. The van der Waals surface area contributed by atoms with Crippen LogP contribution in [0.1, 0.15) is 0 Å². The number of halogens is 3. The lowest BCUT2D eigenvalue weighted by Gasteiger charge is -2.08. The number of rotatable bonds is 5. The van der Waals surface area contributed by atoms with E-state index in [1.54, 1.807) is 12.1 Å². The van der Waals surface area contributed by atoms with Crippen LogP contribution >= 0.6 is 11.3 Å². The highest BCUT2D eigenvalue weighted by Gasteiger charge is 2.28. The van der Waals surface area contributed by atoms with Crippen LogP contribution < -0.4 is 10.1 Å². The van der Waals surface area contributed by atoms with Gasteiger partial charge in [-0.05, 0) is 36.4 Å². The molecule has 0 spiro atoms. The largest absolute Gasteiger partial charge is 0.484 e. The van der Waals surface area contributed by atoms with Crippen LogP contribution in [0.25, 0.3) is 10.6 Å². The number of hydrogen-bond donors (Lipinski definition) is 1. The zero-order chi connectivity index (χ0) is 17.0. The van der Waals surface area contributed by atoms with Crippen LogP contribution in [-0.2, 0) is 0 Å². The number of anilines is 2. The molecule has 0 unspecified atom stereocenters. The number of benzene rings is 2. The standard InChI is InChI=1S/C16H12F3N3OS/c17-16(18,19)10-23-13-8-6-11(7-9-13)14-21-22-15(24-14)20-12-4-2-1-3-5-12/h1-9H,10H2,(H,20,22). The molecule has 0 radical (unpaired) electrons. The second-order valence-corrected chi connectivity index (χ2v) is 5.81. The Kier molecular flexibility index (Phi) is 4.66. The highest BCUT2D eigenvalue weighted by atomic mass is 32.1. The number of aromatic nitrogens is 2. The van der Waals surface area contributed by atoms with E-state index in [2.05, 4.69) is 20.3 Å². The molecule has 2 aromatic carbocycles. The average molecular weight is 351 g/mol. The Morgan fingerprint density at radius 2 is 1.67 bits per heavy atom. The topological polar surface area (TPSA) is 47.0 Å². The highest BCUT2D eigenvalue weighted by molar-refractivity contribution is 7.18. The summed E-state index contributed by atoms with van der Waals surface area (Å²) in [6.45, 7) is -1.31. The molecular formula is C16H12F3N3OS. The number of para-hydroxylation sites is 1. The predicted molar refractivity (Wildman–Crippen MR) is 86.6 cm³/mol. The van der Waals surface area contributed by atoms with Gasteiger partial charge in [-0.15, -0.1) is 10.2 Å². The van der Waals surface area contributed by atoms with Gasteiger partial charge in [0.2, 0.25) is 5.13 Å². The first-order chi connectivity index (χ1) is 11.5. The third-order valence-corrected chi connectivity index (χ3v) is 3.84.